The first-order valence-corrected chi connectivity index (χ1v) is 11.5. The highest BCUT2D eigenvalue weighted by atomic mass is 32.2. The van der Waals surface area contributed by atoms with Crippen LogP contribution in [0.5, 0.6) is 0 Å². The van der Waals surface area contributed by atoms with Crippen molar-refractivity contribution in [3.63, 3.8) is 0 Å². The van der Waals surface area contributed by atoms with Crippen molar-refractivity contribution in [1.82, 2.24) is 8.87 Å². The SMILES string of the molecule is CC(C)CC(=O)Nc1ccc(NC(=O)c2cc(S(=O)(=O)N3CCCC3)cn2C)cc1. The van der Waals surface area contributed by atoms with E-state index in [9.17, 15) is 18.0 Å². The Morgan fingerprint density at radius 1 is 1.03 bits per heavy atom. The molecule has 0 saturated carbocycles. The van der Waals surface area contributed by atoms with Crippen LogP contribution in [0.1, 0.15) is 43.6 Å². The highest BCUT2D eigenvalue weighted by Crippen LogP contribution is 2.23. The molecule has 1 aromatic carbocycles. The zero-order chi connectivity index (χ0) is 21.9. The molecule has 2 N–H and O–H groups in total. The molecule has 162 valence electrons. The molecule has 1 aliphatic heterocycles. The van der Waals surface area contributed by atoms with Crippen molar-refractivity contribution in [2.75, 3.05) is 23.7 Å². The number of aromatic nitrogens is 1. The Kier molecular flexibility index (Phi) is 6.62. The van der Waals surface area contributed by atoms with E-state index in [2.05, 4.69) is 10.6 Å². The fourth-order valence-electron chi connectivity index (χ4n) is 3.39. The average Bonchev–Trinajstić information content (AvgIpc) is 3.33. The maximum atomic E-state index is 12.7. The van der Waals surface area contributed by atoms with E-state index in [0.717, 1.165) is 12.8 Å². The van der Waals surface area contributed by atoms with Gasteiger partial charge in [-0.15, -0.1) is 0 Å². The summed E-state index contributed by atoms with van der Waals surface area (Å²) in [4.78, 5) is 24.6. The molecule has 0 aliphatic carbocycles. The van der Waals surface area contributed by atoms with E-state index >= 15 is 0 Å². The second kappa shape index (κ2) is 9.01. The summed E-state index contributed by atoms with van der Waals surface area (Å²) in [6.07, 6.45) is 3.62. The van der Waals surface area contributed by atoms with E-state index < -0.39 is 15.9 Å². The number of amides is 2. The number of carbonyl (C=O) groups excluding carboxylic acids is 2. The standard InChI is InChI=1S/C21H28N4O4S/c1-15(2)12-20(26)22-16-6-8-17(9-7-16)23-21(27)19-13-18(14-24(19)3)30(28,29)25-10-4-5-11-25/h6-9,13-15H,4-5,10-12H2,1-3H3,(H,22,26)(H,23,27). The number of hydrogen-bond acceptors (Lipinski definition) is 4. The first-order valence-electron chi connectivity index (χ1n) is 10.0. The lowest BCUT2D eigenvalue weighted by molar-refractivity contribution is -0.116. The number of sulfonamides is 1. The number of carbonyl (C=O) groups is 2. The molecule has 3 rings (SSSR count). The molecular weight excluding hydrogens is 404 g/mol. The summed E-state index contributed by atoms with van der Waals surface area (Å²) in [6, 6.07) is 8.20. The van der Waals surface area contributed by atoms with Crippen LogP contribution in [0.25, 0.3) is 0 Å². The summed E-state index contributed by atoms with van der Waals surface area (Å²) in [5, 5.41) is 5.58. The number of nitrogens with zero attached hydrogens (tertiary/aromatic N) is 2. The van der Waals surface area contributed by atoms with Crippen LogP contribution in [0.4, 0.5) is 11.4 Å². The molecule has 1 aromatic heterocycles. The summed E-state index contributed by atoms with van der Waals surface area (Å²) in [5.74, 6) is -0.192. The van der Waals surface area contributed by atoms with Crippen molar-refractivity contribution < 1.29 is 18.0 Å². The Hall–Kier alpha value is -2.65. The number of rotatable bonds is 7. The van der Waals surface area contributed by atoms with Crippen molar-refractivity contribution in [1.29, 1.82) is 0 Å². The fraction of sp³-hybridized carbons (Fsp3) is 0.429. The number of benzene rings is 1. The lowest BCUT2D eigenvalue weighted by atomic mass is 10.1. The molecule has 1 saturated heterocycles. The zero-order valence-corrected chi connectivity index (χ0v) is 18.3. The van der Waals surface area contributed by atoms with Gasteiger partial charge in [0.1, 0.15) is 10.6 Å². The quantitative estimate of drug-likeness (QED) is 0.702. The molecule has 2 amide bonds. The largest absolute Gasteiger partial charge is 0.345 e. The van der Waals surface area contributed by atoms with Crippen LogP contribution < -0.4 is 10.6 Å². The van der Waals surface area contributed by atoms with Crippen molar-refractivity contribution in [2.24, 2.45) is 13.0 Å². The molecule has 1 aliphatic rings. The molecule has 1 fully saturated rings. The minimum atomic E-state index is -3.58. The van der Waals surface area contributed by atoms with Crippen molar-refractivity contribution in [3.8, 4) is 0 Å². The minimum absolute atomic E-state index is 0.0580. The molecule has 0 bridgehead atoms. The van der Waals surface area contributed by atoms with Gasteiger partial charge in [0.05, 0.1) is 0 Å². The van der Waals surface area contributed by atoms with Crippen LogP contribution in [-0.4, -0.2) is 42.2 Å². The van der Waals surface area contributed by atoms with Crippen LogP contribution in [0.15, 0.2) is 41.4 Å². The highest BCUT2D eigenvalue weighted by molar-refractivity contribution is 7.89. The second-order valence-corrected chi connectivity index (χ2v) is 9.90. The van der Waals surface area contributed by atoms with E-state index in [1.165, 1.54) is 21.1 Å². The van der Waals surface area contributed by atoms with E-state index in [1.807, 2.05) is 13.8 Å². The fourth-order valence-corrected chi connectivity index (χ4v) is 4.98. The normalized spacial score (nSPS) is 14.8. The van der Waals surface area contributed by atoms with Gasteiger partial charge in [-0.1, -0.05) is 13.8 Å². The summed E-state index contributed by atoms with van der Waals surface area (Å²) in [5.41, 5.74) is 1.45. The number of aryl methyl sites for hydroxylation is 1. The Morgan fingerprint density at radius 3 is 2.17 bits per heavy atom. The van der Waals surface area contributed by atoms with Gasteiger partial charge in [-0.2, -0.15) is 4.31 Å². The third-order valence-corrected chi connectivity index (χ3v) is 6.80. The van der Waals surface area contributed by atoms with Crippen LogP contribution in [0.3, 0.4) is 0 Å². The highest BCUT2D eigenvalue weighted by Gasteiger charge is 2.29. The van der Waals surface area contributed by atoms with Crippen molar-refractivity contribution >= 4 is 33.2 Å². The van der Waals surface area contributed by atoms with Gasteiger partial charge in [0.2, 0.25) is 15.9 Å². The lowest BCUT2D eigenvalue weighted by Gasteiger charge is -2.13. The first-order chi connectivity index (χ1) is 14.2. The zero-order valence-electron chi connectivity index (χ0n) is 17.5. The van der Waals surface area contributed by atoms with Crippen LogP contribution in [0, 0.1) is 5.92 Å². The predicted octanol–water partition coefficient (Wildman–Crippen LogP) is 3.05. The Bertz CT molecular complexity index is 1020. The molecule has 0 unspecified atom stereocenters. The molecule has 2 aromatic rings. The molecular formula is C21H28N4O4S. The molecule has 8 nitrogen and oxygen atoms in total. The van der Waals surface area contributed by atoms with Gasteiger partial charge in [0, 0.05) is 44.1 Å². The summed E-state index contributed by atoms with van der Waals surface area (Å²) in [7, 11) is -1.94. The van der Waals surface area contributed by atoms with E-state index in [4.69, 9.17) is 0 Å². The molecule has 2 heterocycles. The predicted molar refractivity (Wildman–Crippen MR) is 116 cm³/mol. The Labute approximate surface area is 177 Å². The molecule has 0 spiro atoms. The molecule has 30 heavy (non-hydrogen) atoms. The number of nitrogens with one attached hydrogen (secondary N) is 2. The van der Waals surface area contributed by atoms with E-state index in [1.54, 1.807) is 31.3 Å². The van der Waals surface area contributed by atoms with Gasteiger partial charge in [-0.05, 0) is 49.1 Å². The Morgan fingerprint density at radius 2 is 1.60 bits per heavy atom. The lowest BCUT2D eigenvalue weighted by Crippen LogP contribution is -2.27. The summed E-state index contributed by atoms with van der Waals surface area (Å²) < 4.78 is 28.4. The van der Waals surface area contributed by atoms with Gasteiger partial charge >= 0.3 is 0 Å². The van der Waals surface area contributed by atoms with Crippen LogP contribution >= 0.6 is 0 Å². The van der Waals surface area contributed by atoms with Gasteiger partial charge in [0.25, 0.3) is 5.91 Å². The van der Waals surface area contributed by atoms with Gasteiger partial charge in [-0.25, -0.2) is 8.42 Å². The molecule has 0 radical (unpaired) electrons. The summed E-state index contributed by atoms with van der Waals surface area (Å²) in [6.45, 7) is 4.98. The summed E-state index contributed by atoms with van der Waals surface area (Å²) >= 11 is 0. The molecule has 9 heteroatoms. The topological polar surface area (TPSA) is 101 Å². The van der Waals surface area contributed by atoms with Crippen LogP contribution in [-0.2, 0) is 21.9 Å². The minimum Gasteiger partial charge on any atom is -0.345 e. The first kappa shape index (κ1) is 22.0. The maximum absolute atomic E-state index is 12.7. The maximum Gasteiger partial charge on any atom is 0.272 e. The number of anilines is 2. The van der Waals surface area contributed by atoms with E-state index in [-0.39, 0.29) is 22.4 Å². The van der Waals surface area contributed by atoms with Gasteiger partial charge < -0.3 is 15.2 Å². The third-order valence-electron chi connectivity index (χ3n) is 4.94. The van der Waals surface area contributed by atoms with Gasteiger partial charge in [0.15, 0.2) is 0 Å². The average molecular weight is 433 g/mol. The second-order valence-electron chi connectivity index (χ2n) is 7.96. The smallest absolute Gasteiger partial charge is 0.272 e. The van der Waals surface area contributed by atoms with E-state index in [0.29, 0.717) is 30.9 Å². The Balaban J connectivity index is 1.68. The third kappa shape index (κ3) is 5.09. The van der Waals surface area contributed by atoms with Crippen LogP contribution in [0.2, 0.25) is 0 Å². The van der Waals surface area contributed by atoms with Crippen molar-refractivity contribution in [2.45, 2.75) is 38.0 Å². The van der Waals surface area contributed by atoms with Crippen molar-refractivity contribution in [3.05, 3.63) is 42.2 Å². The van der Waals surface area contributed by atoms with Gasteiger partial charge in [-0.3, -0.25) is 9.59 Å². The monoisotopic (exact) mass is 432 g/mol. The number of hydrogen-bond donors (Lipinski definition) is 2. The molecule has 0 atom stereocenters.